The van der Waals surface area contributed by atoms with Gasteiger partial charge in [-0.05, 0) is 24.6 Å². The van der Waals surface area contributed by atoms with Gasteiger partial charge in [0.15, 0.2) is 6.61 Å². The van der Waals surface area contributed by atoms with Crippen LogP contribution in [0.4, 0.5) is 8.78 Å². The van der Waals surface area contributed by atoms with E-state index in [0.29, 0.717) is 5.56 Å². The second-order valence-corrected chi connectivity index (χ2v) is 4.12. The van der Waals surface area contributed by atoms with Crippen molar-refractivity contribution in [3.05, 3.63) is 47.5 Å². The molecule has 0 aliphatic rings. The molecule has 0 saturated carbocycles. The molecule has 118 valence electrons. The summed E-state index contributed by atoms with van der Waals surface area (Å²) < 4.78 is 31.6. The third kappa shape index (κ3) is 4.51. The van der Waals surface area contributed by atoms with Gasteiger partial charge in [-0.25, -0.2) is 18.6 Å². The molecule has 0 bridgehead atoms. The molecular formula is C16H17F2NO3. The average Bonchev–Trinajstić information content (AvgIpc) is 2.49. The van der Waals surface area contributed by atoms with Crippen LogP contribution in [0.1, 0.15) is 19.4 Å². The van der Waals surface area contributed by atoms with Gasteiger partial charge < -0.3 is 9.84 Å². The molecule has 0 aliphatic heterocycles. The predicted octanol–water partition coefficient (Wildman–Crippen LogP) is 3.82. The molecule has 2 rings (SSSR count). The average molecular weight is 309 g/mol. The number of aliphatic carboxylic acids is 1. The van der Waals surface area contributed by atoms with Crippen LogP contribution in [0, 0.1) is 18.6 Å². The van der Waals surface area contributed by atoms with Crippen LogP contribution in [0.3, 0.4) is 0 Å². The van der Waals surface area contributed by atoms with Crippen LogP contribution in [0.15, 0.2) is 30.3 Å². The molecule has 1 aromatic carbocycles. The number of rotatable bonds is 4. The lowest BCUT2D eigenvalue weighted by Gasteiger charge is -2.09. The molecular weight excluding hydrogens is 292 g/mol. The number of ether oxygens (including phenoxy) is 1. The van der Waals surface area contributed by atoms with Gasteiger partial charge in [0, 0.05) is 17.7 Å². The largest absolute Gasteiger partial charge is 0.479 e. The van der Waals surface area contributed by atoms with Crippen LogP contribution in [-0.4, -0.2) is 22.7 Å². The van der Waals surface area contributed by atoms with E-state index in [1.54, 1.807) is 13.0 Å². The second kappa shape index (κ2) is 8.07. The number of pyridine rings is 1. The lowest BCUT2D eigenvalue weighted by molar-refractivity contribution is -0.139. The molecule has 2 aromatic rings. The van der Waals surface area contributed by atoms with E-state index in [0.717, 1.165) is 12.1 Å². The number of carboxylic acid groups (broad SMARTS) is 1. The molecule has 0 aliphatic carbocycles. The van der Waals surface area contributed by atoms with Crippen molar-refractivity contribution in [1.82, 2.24) is 4.98 Å². The van der Waals surface area contributed by atoms with E-state index < -0.39 is 24.2 Å². The highest BCUT2D eigenvalue weighted by Crippen LogP contribution is 2.26. The van der Waals surface area contributed by atoms with Crippen LogP contribution in [0.5, 0.6) is 5.88 Å². The summed E-state index contributed by atoms with van der Waals surface area (Å²) in [7, 11) is 0. The molecule has 1 heterocycles. The van der Waals surface area contributed by atoms with Crippen molar-refractivity contribution < 1.29 is 23.4 Å². The minimum absolute atomic E-state index is 0.0664. The van der Waals surface area contributed by atoms with Crippen molar-refractivity contribution in [3.63, 3.8) is 0 Å². The van der Waals surface area contributed by atoms with Gasteiger partial charge in [0.2, 0.25) is 5.88 Å². The Bertz CT molecular complexity index is 660. The SMILES string of the molecule is CC.Cc1ccc(OCC(=O)O)nc1-c1ccc(F)cc1F. The summed E-state index contributed by atoms with van der Waals surface area (Å²) in [5, 5.41) is 8.54. The molecule has 0 atom stereocenters. The van der Waals surface area contributed by atoms with Gasteiger partial charge in [-0.2, -0.15) is 0 Å². The van der Waals surface area contributed by atoms with Crippen molar-refractivity contribution in [3.8, 4) is 17.1 Å². The number of benzene rings is 1. The predicted molar refractivity (Wildman–Crippen MR) is 78.8 cm³/mol. The minimum atomic E-state index is -1.14. The molecule has 0 saturated heterocycles. The topological polar surface area (TPSA) is 59.4 Å². The van der Waals surface area contributed by atoms with E-state index in [9.17, 15) is 13.6 Å². The Hall–Kier alpha value is -2.50. The molecule has 0 radical (unpaired) electrons. The zero-order chi connectivity index (χ0) is 16.7. The van der Waals surface area contributed by atoms with Crippen LogP contribution >= 0.6 is 0 Å². The Balaban J connectivity index is 0.00000116. The minimum Gasteiger partial charge on any atom is -0.479 e. The molecule has 22 heavy (non-hydrogen) atoms. The van der Waals surface area contributed by atoms with E-state index in [4.69, 9.17) is 9.84 Å². The van der Waals surface area contributed by atoms with Gasteiger partial charge in [-0.1, -0.05) is 19.9 Å². The van der Waals surface area contributed by atoms with Gasteiger partial charge >= 0.3 is 5.97 Å². The van der Waals surface area contributed by atoms with Crippen molar-refractivity contribution >= 4 is 5.97 Å². The van der Waals surface area contributed by atoms with Crippen molar-refractivity contribution in [2.24, 2.45) is 0 Å². The number of carbonyl (C=O) groups is 1. The monoisotopic (exact) mass is 309 g/mol. The number of hydrogen-bond acceptors (Lipinski definition) is 3. The Morgan fingerprint density at radius 3 is 2.50 bits per heavy atom. The maximum absolute atomic E-state index is 13.7. The van der Waals surface area contributed by atoms with Crippen LogP contribution < -0.4 is 4.74 Å². The third-order valence-electron chi connectivity index (χ3n) is 2.60. The van der Waals surface area contributed by atoms with E-state index in [1.165, 1.54) is 12.1 Å². The van der Waals surface area contributed by atoms with E-state index in [1.807, 2.05) is 13.8 Å². The van der Waals surface area contributed by atoms with Crippen LogP contribution in [0.25, 0.3) is 11.3 Å². The van der Waals surface area contributed by atoms with Crippen LogP contribution in [-0.2, 0) is 4.79 Å². The van der Waals surface area contributed by atoms with Crippen molar-refractivity contribution in [1.29, 1.82) is 0 Å². The standard InChI is InChI=1S/C14H11F2NO3.C2H6/c1-8-2-5-12(20-7-13(18)19)17-14(8)10-4-3-9(15)6-11(10)16;1-2/h2-6H,7H2,1H3,(H,18,19);1-2H3. The number of nitrogens with zero attached hydrogens (tertiary/aromatic N) is 1. The molecule has 6 heteroatoms. The maximum atomic E-state index is 13.7. The zero-order valence-corrected chi connectivity index (χ0v) is 12.6. The molecule has 0 fully saturated rings. The van der Waals surface area contributed by atoms with Gasteiger partial charge in [-0.15, -0.1) is 0 Å². The molecule has 0 spiro atoms. The lowest BCUT2D eigenvalue weighted by Crippen LogP contribution is -2.10. The summed E-state index contributed by atoms with van der Waals surface area (Å²) in [6.45, 7) is 5.17. The summed E-state index contributed by atoms with van der Waals surface area (Å²) in [5.41, 5.74) is 1.08. The summed E-state index contributed by atoms with van der Waals surface area (Å²) >= 11 is 0. The molecule has 0 unspecified atom stereocenters. The molecule has 1 N–H and O–H groups in total. The normalized spacial score (nSPS) is 9.68. The zero-order valence-electron chi connectivity index (χ0n) is 12.6. The lowest BCUT2D eigenvalue weighted by atomic mass is 10.1. The Morgan fingerprint density at radius 2 is 1.91 bits per heavy atom. The Labute approximate surface area is 127 Å². The van der Waals surface area contributed by atoms with Crippen molar-refractivity contribution in [2.45, 2.75) is 20.8 Å². The first kappa shape index (κ1) is 17.6. The van der Waals surface area contributed by atoms with E-state index in [-0.39, 0.29) is 17.1 Å². The Kier molecular flexibility index (Phi) is 6.44. The number of aromatic nitrogens is 1. The first-order valence-electron chi connectivity index (χ1n) is 6.75. The smallest absolute Gasteiger partial charge is 0.341 e. The Morgan fingerprint density at radius 1 is 1.23 bits per heavy atom. The van der Waals surface area contributed by atoms with Gasteiger partial charge in [0.25, 0.3) is 0 Å². The first-order valence-corrected chi connectivity index (χ1v) is 6.75. The fourth-order valence-electron chi connectivity index (χ4n) is 1.68. The fraction of sp³-hybridized carbons (Fsp3) is 0.250. The fourth-order valence-corrected chi connectivity index (χ4v) is 1.68. The quantitative estimate of drug-likeness (QED) is 0.932. The number of aryl methyl sites for hydroxylation is 1. The molecule has 0 amide bonds. The highest BCUT2D eigenvalue weighted by molar-refractivity contribution is 5.68. The van der Waals surface area contributed by atoms with Gasteiger partial charge in [0.05, 0.1) is 5.69 Å². The summed E-state index contributed by atoms with van der Waals surface area (Å²) in [6, 6.07) is 6.29. The highest BCUT2D eigenvalue weighted by atomic mass is 19.1. The summed E-state index contributed by atoms with van der Waals surface area (Å²) in [5.74, 6) is -2.49. The highest BCUT2D eigenvalue weighted by Gasteiger charge is 2.12. The van der Waals surface area contributed by atoms with Gasteiger partial charge in [-0.3, -0.25) is 0 Å². The van der Waals surface area contributed by atoms with Crippen LogP contribution in [0.2, 0.25) is 0 Å². The van der Waals surface area contributed by atoms with Gasteiger partial charge in [0.1, 0.15) is 11.6 Å². The van der Waals surface area contributed by atoms with Crippen molar-refractivity contribution in [2.75, 3.05) is 6.61 Å². The summed E-state index contributed by atoms with van der Waals surface area (Å²) in [6.07, 6.45) is 0. The third-order valence-corrected chi connectivity index (χ3v) is 2.60. The maximum Gasteiger partial charge on any atom is 0.341 e. The van der Waals surface area contributed by atoms with E-state index >= 15 is 0 Å². The molecule has 1 aromatic heterocycles. The number of halogens is 2. The number of hydrogen-bond donors (Lipinski definition) is 1. The molecule has 4 nitrogen and oxygen atoms in total. The second-order valence-electron chi connectivity index (χ2n) is 4.12. The van der Waals surface area contributed by atoms with E-state index in [2.05, 4.69) is 4.98 Å². The number of carboxylic acids is 1. The summed E-state index contributed by atoms with van der Waals surface area (Å²) in [4.78, 5) is 14.5. The first-order chi connectivity index (χ1) is 10.5.